The van der Waals surface area contributed by atoms with Crippen LogP contribution >= 0.6 is 0 Å². The predicted molar refractivity (Wildman–Crippen MR) is 65.1 cm³/mol. The average Bonchev–Trinajstić information content (AvgIpc) is 2.61. The van der Waals surface area contributed by atoms with Gasteiger partial charge in [0.1, 0.15) is 5.56 Å². The second-order valence-corrected chi connectivity index (χ2v) is 4.10. The fraction of sp³-hybridized carbons (Fsp3) is 0.231. The van der Waals surface area contributed by atoms with Crippen molar-refractivity contribution in [2.45, 2.75) is 13.8 Å². The summed E-state index contributed by atoms with van der Waals surface area (Å²) >= 11 is 0. The summed E-state index contributed by atoms with van der Waals surface area (Å²) in [5.41, 5.74) is 3.95. The van der Waals surface area contributed by atoms with Gasteiger partial charge in [-0.25, -0.2) is 4.79 Å². The fourth-order valence-electron chi connectivity index (χ4n) is 2.08. The van der Waals surface area contributed by atoms with Crippen LogP contribution in [0.15, 0.2) is 24.4 Å². The molecule has 1 N–H and O–H groups in total. The summed E-state index contributed by atoms with van der Waals surface area (Å²) in [5, 5.41) is 13.2. The largest absolute Gasteiger partial charge is 0.478 e. The van der Waals surface area contributed by atoms with Crippen LogP contribution in [0.5, 0.6) is 0 Å². The Morgan fingerprint density at radius 2 is 1.88 bits per heavy atom. The Kier molecular flexibility index (Phi) is 2.71. The first kappa shape index (κ1) is 11.4. The molecular weight excluding hydrogens is 216 g/mol. The van der Waals surface area contributed by atoms with E-state index in [2.05, 4.69) is 5.10 Å². The van der Waals surface area contributed by atoms with Gasteiger partial charge in [0.25, 0.3) is 0 Å². The van der Waals surface area contributed by atoms with E-state index in [1.807, 2.05) is 32.0 Å². The predicted octanol–water partition coefficient (Wildman–Crippen LogP) is 2.40. The van der Waals surface area contributed by atoms with E-state index in [1.54, 1.807) is 11.7 Å². The fourth-order valence-corrected chi connectivity index (χ4v) is 2.08. The van der Waals surface area contributed by atoms with Gasteiger partial charge in [-0.2, -0.15) is 5.10 Å². The van der Waals surface area contributed by atoms with Crippen LogP contribution in [0, 0.1) is 13.8 Å². The van der Waals surface area contributed by atoms with Gasteiger partial charge >= 0.3 is 5.97 Å². The summed E-state index contributed by atoms with van der Waals surface area (Å²) in [6.45, 7) is 3.95. The third kappa shape index (κ3) is 1.82. The Hall–Kier alpha value is -2.10. The van der Waals surface area contributed by atoms with Crippen molar-refractivity contribution in [2.24, 2.45) is 7.05 Å². The summed E-state index contributed by atoms with van der Waals surface area (Å²) in [4.78, 5) is 11.2. The van der Waals surface area contributed by atoms with Crippen molar-refractivity contribution in [3.63, 3.8) is 0 Å². The zero-order valence-corrected chi connectivity index (χ0v) is 10.1. The molecule has 0 atom stereocenters. The van der Waals surface area contributed by atoms with Crippen LogP contribution in [-0.2, 0) is 7.05 Å². The van der Waals surface area contributed by atoms with E-state index < -0.39 is 5.97 Å². The monoisotopic (exact) mass is 230 g/mol. The number of nitrogens with zero attached hydrogens (tertiary/aromatic N) is 2. The molecule has 88 valence electrons. The van der Waals surface area contributed by atoms with Crippen molar-refractivity contribution in [1.82, 2.24) is 9.78 Å². The zero-order valence-electron chi connectivity index (χ0n) is 10.1. The van der Waals surface area contributed by atoms with Crippen LogP contribution in [0.4, 0.5) is 0 Å². The number of carboxylic acids is 1. The minimum absolute atomic E-state index is 0.241. The molecule has 1 aromatic heterocycles. The Bertz CT molecular complexity index is 565. The Morgan fingerprint density at radius 3 is 2.41 bits per heavy atom. The van der Waals surface area contributed by atoms with Crippen molar-refractivity contribution >= 4 is 5.97 Å². The first-order valence-corrected chi connectivity index (χ1v) is 5.34. The van der Waals surface area contributed by atoms with Gasteiger partial charge in [-0.05, 0) is 25.0 Å². The number of aryl methyl sites for hydroxylation is 3. The number of aromatic carboxylic acids is 1. The third-order valence-corrected chi connectivity index (χ3v) is 2.89. The molecule has 0 fully saturated rings. The minimum atomic E-state index is -0.948. The van der Waals surface area contributed by atoms with E-state index in [-0.39, 0.29) is 5.56 Å². The van der Waals surface area contributed by atoms with Gasteiger partial charge in [0.05, 0.1) is 11.9 Å². The lowest BCUT2D eigenvalue weighted by molar-refractivity contribution is 0.0697. The first-order chi connectivity index (χ1) is 8.02. The summed E-state index contributed by atoms with van der Waals surface area (Å²) in [6.07, 6.45) is 1.39. The number of hydrogen-bond donors (Lipinski definition) is 1. The molecule has 1 aromatic carbocycles. The number of hydrogen-bond acceptors (Lipinski definition) is 2. The molecule has 0 saturated heterocycles. The highest BCUT2D eigenvalue weighted by atomic mass is 16.4. The Labute approximate surface area is 99.5 Å². The van der Waals surface area contributed by atoms with Crippen LogP contribution in [-0.4, -0.2) is 20.9 Å². The van der Waals surface area contributed by atoms with Gasteiger partial charge in [-0.1, -0.05) is 18.2 Å². The van der Waals surface area contributed by atoms with E-state index in [0.717, 1.165) is 16.7 Å². The SMILES string of the molecule is Cc1cccc(C)c1-c1c(C(=O)O)cnn1C. The molecule has 0 radical (unpaired) electrons. The minimum Gasteiger partial charge on any atom is -0.478 e. The van der Waals surface area contributed by atoms with Crippen LogP contribution in [0.1, 0.15) is 21.5 Å². The van der Waals surface area contributed by atoms with Gasteiger partial charge in [-0.15, -0.1) is 0 Å². The second-order valence-electron chi connectivity index (χ2n) is 4.10. The molecule has 0 bridgehead atoms. The number of aromatic nitrogens is 2. The van der Waals surface area contributed by atoms with Gasteiger partial charge < -0.3 is 5.11 Å². The molecule has 0 saturated carbocycles. The number of carbonyl (C=O) groups is 1. The van der Waals surface area contributed by atoms with Crippen molar-refractivity contribution in [3.8, 4) is 11.3 Å². The van der Waals surface area contributed by atoms with Gasteiger partial charge in [-0.3, -0.25) is 4.68 Å². The van der Waals surface area contributed by atoms with Crippen molar-refractivity contribution in [1.29, 1.82) is 0 Å². The van der Waals surface area contributed by atoms with Crippen LogP contribution in [0.3, 0.4) is 0 Å². The number of carboxylic acid groups (broad SMARTS) is 1. The van der Waals surface area contributed by atoms with E-state index >= 15 is 0 Å². The molecule has 2 rings (SSSR count). The van der Waals surface area contributed by atoms with Gasteiger partial charge in [0, 0.05) is 12.6 Å². The highest BCUT2D eigenvalue weighted by Crippen LogP contribution is 2.29. The van der Waals surface area contributed by atoms with Crippen LogP contribution < -0.4 is 0 Å². The molecule has 0 aliphatic heterocycles. The molecule has 2 aromatic rings. The molecule has 4 nitrogen and oxygen atoms in total. The van der Waals surface area contributed by atoms with Gasteiger partial charge in [0.15, 0.2) is 0 Å². The van der Waals surface area contributed by atoms with E-state index in [1.165, 1.54) is 6.20 Å². The Morgan fingerprint density at radius 1 is 1.29 bits per heavy atom. The van der Waals surface area contributed by atoms with Crippen LogP contribution in [0.2, 0.25) is 0 Å². The number of rotatable bonds is 2. The first-order valence-electron chi connectivity index (χ1n) is 5.34. The van der Waals surface area contributed by atoms with Crippen molar-refractivity contribution in [2.75, 3.05) is 0 Å². The lowest BCUT2D eigenvalue weighted by atomic mass is 9.97. The van der Waals surface area contributed by atoms with Crippen molar-refractivity contribution < 1.29 is 9.90 Å². The summed E-state index contributed by atoms with van der Waals surface area (Å²) in [6, 6.07) is 5.91. The quantitative estimate of drug-likeness (QED) is 0.861. The molecule has 0 aliphatic carbocycles. The van der Waals surface area contributed by atoms with E-state index in [4.69, 9.17) is 5.11 Å². The maximum Gasteiger partial charge on any atom is 0.339 e. The maximum absolute atomic E-state index is 11.2. The molecule has 4 heteroatoms. The Balaban J connectivity index is 2.76. The smallest absolute Gasteiger partial charge is 0.339 e. The van der Waals surface area contributed by atoms with Crippen LogP contribution in [0.25, 0.3) is 11.3 Å². The maximum atomic E-state index is 11.2. The molecule has 0 unspecified atom stereocenters. The zero-order chi connectivity index (χ0) is 12.6. The third-order valence-electron chi connectivity index (χ3n) is 2.89. The topological polar surface area (TPSA) is 55.1 Å². The van der Waals surface area contributed by atoms with Crippen molar-refractivity contribution in [3.05, 3.63) is 41.1 Å². The van der Waals surface area contributed by atoms with E-state index in [9.17, 15) is 4.79 Å². The van der Waals surface area contributed by atoms with Gasteiger partial charge in [0.2, 0.25) is 0 Å². The molecule has 0 spiro atoms. The number of benzene rings is 1. The molecule has 0 aliphatic rings. The van der Waals surface area contributed by atoms with E-state index in [0.29, 0.717) is 5.69 Å². The molecule has 0 amide bonds. The lowest BCUT2D eigenvalue weighted by Gasteiger charge is -2.11. The standard InChI is InChI=1S/C13H14N2O2/c1-8-5-4-6-9(2)11(8)12-10(13(16)17)7-14-15(12)3/h4-7H,1-3H3,(H,16,17). The molecule has 17 heavy (non-hydrogen) atoms. The highest BCUT2D eigenvalue weighted by Gasteiger charge is 2.19. The summed E-state index contributed by atoms with van der Waals surface area (Å²) < 4.78 is 1.61. The average molecular weight is 230 g/mol. The summed E-state index contributed by atoms with van der Waals surface area (Å²) in [5.74, 6) is -0.948. The highest BCUT2D eigenvalue weighted by molar-refractivity contribution is 5.95. The molecule has 1 heterocycles. The summed E-state index contributed by atoms with van der Waals surface area (Å²) in [7, 11) is 1.76. The second kappa shape index (κ2) is 4.05. The molecular formula is C13H14N2O2. The normalized spacial score (nSPS) is 10.5. The lowest BCUT2D eigenvalue weighted by Crippen LogP contribution is -2.03.